The van der Waals surface area contributed by atoms with Crippen molar-refractivity contribution in [3.63, 3.8) is 0 Å². The average molecular weight is 400 g/mol. The van der Waals surface area contributed by atoms with Gasteiger partial charge in [0.1, 0.15) is 16.7 Å². The number of fused-ring (bicyclic) bond motifs is 1. The highest BCUT2D eigenvalue weighted by Crippen LogP contribution is 2.39. The molecule has 0 saturated carbocycles. The van der Waals surface area contributed by atoms with Crippen molar-refractivity contribution in [3.8, 4) is 0 Å². The number of halogens is 3. The Labute approximate surface area is 158 Å². The molecule has 1 unspecified atom stereocenters. The minimum absolute atomic E-state index is 0.0968. The van der Waals surface area contributed by atoms with Gasteiger partial charge in [-0.15, -0.1) is 0 Å². The molecule has 9 heteroatoms. The molecule has 1 aromatic heterocycles. The minimum Gasteiger partial charge on any atom is -0.465 e. The zero-order valence-electron chi connectivity index (χ0n) is 13.8. The van der Waals surface area contributed by atoms with E-state index in [1.165, 1.54) is 16.7 Å². The molecule has 3 rings (SSSR count). The van der Waals surface area contributed by atoms with Crippen molar-refractivity contribution in [1.82, 2.24) is 9.88 Å². The van der Waals surface area contributed by atoms with Crippen molar-refractivity contribution >= 4 is 40.9 Å². The number of hydrogen-bond donors (Lipinski definition) is 3. The minimum atomic E-state index is -1.14. The SMILES string of the molecule is Cn1c(Cl)c2c(c1C(=O)Nc1ccc(F)c(Cl)c1)CCCC2NC(=O)O. The first kappa shape index (κ1) is 18.5. The Morgan fingerprint density at radius 1 is 1.35 bits per heavy atom. The van der Waals surface area contributed by atoms with Crippen LogP contribution < -0.4 is 10.6 Å². The van der Waals surface area contributed by atoms with Gasteiger partial charge in [0, 0.05) is 18.3 Å². The molecule has 0 radical (unpaired) electrons. The van der Waals surface area contributed by atoms with Crippen molar-refractivity contribution in [2.24, 2.45) is 7.05 Å². The molecule has 2 amide bonds. The van der Waals surface area contributed by atoms with Crippen LogP contribution in [-0.2, 0) is 13.5 Å². The van der Waals surface area contributed by atoms with Crippen LogP contribution in [-0.4, -0.2) is 21.7 Å². The predicted octanol–water partition coefficient (Wildman–Crippen LogP) is 4.37. The Morgan fingerprint density at radius 2 is 2.08 bits per heavy atom. The number of amides is 2. The first-order chi connectivity index (χ1) is 12.3. The largest absolute Gasteiger partial charge is 0.465 e. The van der Waals surface area contributed by atoms with Gasteiger partial charge >= 0.3 is 6.09 Å². The van der Waals surface area contributed by atoms with Crippen LogP contribution in [0, 0.1) is 5.82 Å². The first-order valence-electron chi connectivity index (χ1n) is 7.92. The summed E-state index contributed by atoms with van der Waals surface area (Å²) in [4.78, 5) is 23.8. The summed E-state index contributed by atoms with van der Waals surface area (Å²) < 4.78 is 14.8. The van der Waals surface area contributed by atoms with E-state index < -0.39 is 23.9 Å². The lowest BCUT2D eigenvalue weighted by Gasteiger charge is -2.23. The van der Waals surface area contributed by atoms with E-state index in [-0.39, 0.29) is 5.02 Å². The molecule has 26 heavy (non-hydrogen) atoms. The number of nitrogens with one attached hydrogen (secondary N) is 2. The maximum atomic E-state index is 13.3. The van der Waals surface area contributed by atoms with E-state index in [2.05, 4.69) is 10.6 Å². The fourth-order valence-electron chi connectivity index (χ4n) is 3.31. The van der Waals surface area contributed by atoms with E-state index in [1.54, 1.807) is 7.05 Å². The van der Waals surface area contributed by atoms with Crippen LogP contribution in [0.3, 0.4) is 0 Å². The van der Waals surface area contributed by atoms with Gasteiger partial charge in [-0.05, 0) is 43.0 Å². The molecule has 6 nitrogen and oxygen atoms in total. The Morgan fingerprint density at radius 3 is 2.73 bits per heavy atom. The standard InChI is InChI=1S/C17H16Cl2FN3O3/c1-23-14(16(24)21-8-5-6-11(20)10(18)7-8)9-3-2-4-12(22-17(25)26)13(9)15(23)19/h5-7,12,22H,2-4H2,1H3,(H,21,24)(H,25,26). The molecule has 0 bridgehead atoms. The summed E-state index contributed by atoms with van der Waals surface area (Å²) in [6.07, 6.45) is 0.800. The number of carboxylic acid groups (broad SMARTS) is 1. The topological polar surface area (TPSA) is 83.4 Å². The molecule has 1 atom stereocenters. The summed E-state index contributed by atoms with van der Waals surface area (Å²) in [5, 5.41) is 14.4. The number of anilines is 1. The summed E-state index contributed by atoms with van der Waals surface area (Å²) in [5.41, 5.74) is 2.05. The summed E-state index contributed by atoms with van der Waals surface area (Å²) in [6.45, 7) is 0. The number of rotatable bonds is 3. The fourth-order valence-corrected chi connectivity index (χ4v) is 3.83. The van der Waals surface area contributed by atoms with Gasteiger partial charge in [-0.3, -0.25) is 4.79 Å². The fraction of sp³-hybridized carbons (Fsp3) is 0.294. The number of hydrogen-bond acceptors (Lipinski definition) is 2. The normalized spacial score (nSPS) is 16.1. The molecule has 0 spiro atoms. The van der Waals surface area contributed by atoms with Gasteiger partial charge in [0.15, 0.2) is 0 Å². The predicted molar refractivity (Wildman–Crippen MR) is 96.6 cm³/mol. The van der Waals surface area contributed by atoms with Crippen LogP contribution in [0.25, 0.3) is 0 Å². The molecule has 2 aromatic rings. The molecule has 0 saturated heterocycles. The molecule has 0 aliphatic heterocycles. The third-order valence-electron chi connectivity index (χ3n) is 4.42. The number of nitrogens with zero attached hydrogens (tertiary/aromatic N) is 1. The summed E-state index contributed by atoms with van der Waals surface area (Å²) >= 11 is 12.1. The monoisotopic (exact) mass is 399 g/mol. The Balaban J connectivity index is 1.96. The number of benzene rings is 1. The van der Waals surface area contributed by atoms with Gasteiger partial charge in [-0.1, -0.05) is 23.2 Å². The Bertz CT molecular complexity index is 898. The van der Waals surface area contributed by atoms with Crippen molar-refractivity contribution in [3.05, 3.63) is 51.0 Å². The zero-order chi connectivity index (χ0) is 19.0. The van der Waals surface area contributed by atoms with Crippen LogP contribution in [0.2, 0.25) is 10.2 Å². The van der Waals surface area contributed by atoms with Crippen LogP contribution in [0.15, 0.2) is 18.2 Å². The molecular weight excluding hydrogens is 384 g/mol. The van der Waals surface area contributed by atoms with Crippen LogP contribution in [0.4, 0.5) is 14.9 Å². The smallest absolute Gasteiger partial charge is 0.405 e. The highest BCUT2D eigenvalue weighted by atomic mass is 35.5. The number of aromatic nitrogens is 1. The van der Waals surface area contributed by atoms with Gasteiger partial charge in [0.05, 0.1) is 11.1 Å². The lowest BCUT2D eigenvalue weighted by Crippen LogP contribution is -2.29. The van der Waals surface area contributed by atoms with Crippen LogP contribution >= 0.6 is 23.2 Å². The third kappa shape index (κ3) is 3.37. The maximum Gasteiger partial charge on any atom is 0.405 e. The first-order valence-corrected chi connectivity index (χ1v) is 8.68. The number of carbonyl (C=O) groups excluding carboxylic acids is 1. The van der Waals surface area contributed by atoms with E-state index in [4.69, 9.17) is 28.3 Å². The molecule has 3 N–H and O–H groups in total. The summed E-state index contributed by atoms with van der Waals surface area (Å²) in [7, 11) is 1.64. The third-order valence-corrected chi connectivity index (χ3v) is 5.17. The van der Waals surface area contributed by atoms with Crippen molar-refractivity contribution < 1.29 is 19.1 Å². The van der Waals surface area contributed by atoms with Gasteiger partial charge in [0.2, 0.25) is 0 Å². The molecule has 138 valence electrons. The molecule has 1 aliphatic carbocycles. The van der Waals surface area contributed by atoms with Gasteiger partial charge < -0.3 is 20.3 Å². The second-order valence-corrected chi connectivity index (χ2v) is 6.83. The van der Waals surface area contributed by atoms with Crippen molar-refractivity contribution in [2.75, 3.05) is 5.32 Å². The Kier molecular flexibility index (Phi) is 5.11. The van der Waals surface area contributed by atoms with E-state index in [9.17, 15) is 14.0 Å². The summed E-state index contributed by atoms with van der Waals surface area (Å²) in [5.74, 6) is -0.999. The highest BCUT2D eigenvalue weighted by molar-refractivity contribution is 6.31. The highest BCUT2D eigenvalue weighted by Gasteiger charge is 2.32. The Hall–Kier alpha value is -2.25. The lowest BCUT2D eigenvalue weighted by molar-refractivity contribution is 0.101. The molecule has 0 fully saturated rings. The van der Waals surface area contributed by atoms with Crippen molar-refractivity contribution in [2.45, 2.75) is 25.3 Å². The average Bonchev–Trinajstić information content (AvgIpc) is 2.83. The second kappa shape index (κ2) is 7.17. The van der Waals surface area contributed by atoms with Crippen LogP contribution in [0.5, 0.6) is 0 Å². The molecular formula is C17H16Cl2FN3O3. The van der Waals surface area contributed by atoms with Gasteiger partial charge in [-0.2, -0.15) is 0 Å². The van der Waals surface area contributed by atoms with E-state index >= 15 is 0 Å². The van der Waals surface area contributed by atoms with Crippen LogP contribution in [0.1, 0.15) is 40.5 Å². The van der Waals surface area contributed by atoms with Gasteiger partial charge in [-0.25, -0.2) is 9.18 Å². The zero-order valence-corrected chi connectivity index (χ0v) is 15.3. The van der Waals surface area contributed by atoms with E-state index in [0.717, 1.165) is 12.5 Å². The quantitative estimate of drug-likeness (QED) is 0.716. The van der Waals surface area contributed by atoms with E-state index in [0.29, 0.717) is 40.5 Å². The van der Waals surface area contributed by atoms with Crippen molar-refractivity contribution in [1.29, 1.82) is 0 Å². The maximum absolute atomic E-state index is 13.3. The van der Waals surface area contributed by atoms with Gasteiger partial charge in [0.25, 0.3) is 5.91 Å². The molecule has 1 heterocycles. The summed E-state index contributed by atoms with van der Waals surface area (Å²) in [6, 6.07) is 3.43. The number of carbonyl (C=O) groups is 2. The molecule has 1 aliphatic rings. The lowest BCUT2D eigenvalue weighted by atomic mass is 9.89. The second-order valence-electron chi connectivity index (χ2n) is 6.07. The molecule has 1 aromatic carbocycles. The van der Waals surface area contributed by atoms with E-state index in [1.807, 2.05) is 0 Å².